The van der Waals surface area contributed by atoms with Crippen LogP contribution in [0.3, 0.4) is 0 Å². The van der Waals surface area contributed by atoms with E-state index in [9.17, 15) is 9.59 Å². The fourth-order valence-corrected chi connectivity index (χ4v) is 5.01. The predicted molar refractivity (Wildman–Crippen MR) is 151 cm³/mol. The van der Waals surface area contributed by atoms with Crippen LogP contribution in [0.15, 0.2) is 121 Å². The van der Waals surface area contributed by atoms with Crippen LogP contribution < -0.4 is 0 Å². The van der Waals surface area contributed by atoms with Gasteiger partial charge in [0.2, 0.25) is 0 Å². The lowest BCUT2D eigenvalue weighted by Gasteiger charge is -2.48. The van der Waals surface area contributed by atoms with Gasteiger partial charge in [-0.1, -0.05) is 97.1 Å². The topological polar surface area (TPSA) is 89.5 Å². The number of rotatable bonds is 8. The monoisotopic (exact) mass is 566 g/mol. The van der Waals surface area contributed by atoms with E-state index >= 15 is 0 Å². The Hall–Kier alpha value is -4.34. The van der Waals surface area contributed by atoms with E-state index in [2.05, 4.69) is 0 Å². The quantitative estimate of drug-likeness (QED) is 0.252. The summed E-state index contributed by atoms with van der Waals surface area (Å²) in [6.07, 6.45) is -4.39. The Bertz CT molecular complexity index is 1340. The summed E-state index contributed by atoms with van der Waals surface area (Å²) in [4.78, 5) is 25.7. The van der Waals surface area contributed by atoms with E-state index in [1.54, 1.807) is 48.5 Å². The summed E-state index contributed by atoms with van der Waals surface area (Å²) in [5.74, 6) is -0.947. The zero-order valence-corrected chi connectivity index (χ0v) is 22.7. The number of carbonyl (C=O) groups is 2. The van der Waals surface area contributed by atoms with E-state index in [0.29, 0.717) is 11.1 Å². The molecule has 4 aromatic rings. The van der Waals surface area contributed by atoms with E-state index < -0.39 is 48.9 Å². The Morgan fingerprint density at radius 2 is 0.810 bits per heavy atom. The Kier molecular flexibility index (Phi) is 8.67. The third-order valence-electron chi connectivity index (χ3n) is 7.13. The largest absolute Gasteiger partial charge is 0.459 e. The van der Waals surface area contributed by atoms with Gasteiger partial charge in [0.05, 0.1) is 11.1 Å². The second kappa shape index (κ2) is 13.1. The van der Waals surface area contributed by atoms with Crippen molar-refractivity contribution in [3.63, 3.8) is 0 Å². The molecule has 0 aromatic heterocycles. The zero-order chi connectivity index (χ0) is 28.7. The highest BCUT2D eigenvalue weighted by Gasteiger charge is 2.51. The number of fused-ring (bicyclic) bond motifs is 1. The van der Waals surface area contributed by atoms with Gasteiger partial charge in [-0.25, -0.2) is 9.59 Å². The van der Waals surface area contributed by atoms with Crippen LogP contribution in [0.5, 0.6) is 0 Å². The average Bonchev–Trinajstić information content (AvgIpc) is 3.07. The molecule has 4 aromatic carbocycles. The third kappa shape index (κ3) is 6.42. The highest BCUT2D eigenvalue weighted by Crippen LogP contribution is 2.41. The van der Waals surface area contributed by atoms with Crippen LogP contribution in [-0.2, 0) is 28.4 Å². The molecular weight excluding hydrogens is 536 g/mol. The minimum Gasteiger partial charge on any atom is -0.459 e. The minimum absolute atomic E-state index is 0.0837. The fraction of sp³-hybridized carbons (Fsp3) is 0.235. The zero-order valence-electron chi connectivity index (χ0n) is 22.7. The molecule has 0 amide bonds. The van der Waals surface area contributed by atoms with Crippen molar-refractivity contribution >= 4 is 11.9 Å². The molecule has 214 valence electrons. The van der Waals surface area contributed by atoms with Gasteiger partial charge in [0.15, 0.2) is 12.6 Å². The molecular formula is C34H30O8. The first kappa shape index (κ1) is 27.8. The van der Waals surface area contributed by atoms with Crippen LogP contribution in [0.25, 0.3) is 0 Å². The maximum absolute atomic E-state index is 12.8. The van der Waals surface area contributed by atoms with Crippen LogP contribution in [0.1, 0.15) is 44.4 Å². The Balaban J connectivity index is 1.27. The first-order valence-electron chi connectivity index (χ1n) is 13.8. The van der Waals surface area contributed by atoms with Crippen molar-refractivity contribution in [2.75, 3.05) is 13.2 Å². The molecule has 2 saturated heterocycles. The van der Waals surface area contributed by atoms with Crippen molar-refractivity contribution in [3.05, 3.63) is 144 Å². The Morgan fingerprint density at radius 3 is 1.17 bits per heavy atom. The standard InChI is InChI=1S/C34H30O8/c35-31(23-13-5-1-6-14-23)37-21-27-29-30(42-33(39-27)25-17-9-3-10-18-25)28(22-38-32(36)24-15-7-2-8-16-24)40-34(41-29)26-19-11-4-12-20-26/h1-20,27-30,33-34H,21-22H2. The molecule has 2 aliphatic rings. The van der Waals surface area contributed by atoms with Crippen molar-refractivity contribution < 1.29 is 38.0 Å². The smallest absolute Gasteiger partial charge is 0.338 e. The molecule has 0 saturated carbocycles. The van der Waals surface area contributed by atoms with Crippen molar-refractivity contribution in [1.29, 1.82) is 0 Å². The van der Waals surface area contributed by atoms with E-state index in [0.717, 1.165) is 11.1 Å². The minimum atomic E-state index is -0.791. The van der Waals surface area contributed by atoms with Crippen molar-refractivity contribution in [1.82, 2.24) is 0 Å². The Labute approximate surface area is 243 Å². The normalized spacial score (nSPS) is 25.1. The summed E-state index contributed by atoms with van der Waals surface area (Å²) >= 11 is 0. The van der Waals surface area contributed by atoms with Crippen molar-refractivity contribution in [2.24, 2.45) is 0 Å². The molecule has 2 fully saturated rings. The van der Waals surface area contributed by atoms with Gasteiger partial charge in [0, 0.05) is 11.1 Å². The van der Waals surface area contributed by atoms with Crippen LogP contribution in [0.2, 0.25) is 0 Å². The molecule has 6 unspecified atom stereocenters. The number of esters is 2. The van der Waals surface area contributed by atoms with E-state index in [-0.39, 0.29) is 13.2 Å². The fourth-order valence-electron chi connectivity index (χ4n) is 5.01. The molecule has 6 rings (SSSR count). The van der Waals surface area contributed by atoms with E-state index in [4.69, 9.17) is 28.4 Å². The van der Waals surface area contributed by atoms with Gasteiger partial charge in [-0.3, -0.25) is 0 Å². The lowest BCUT2D eigenvalue weighted by atomic mass is 9.98. The summed E-state index contributed by atoms with van der Waals surface area (Å²) < 4.78 is 37.0. The molecule has 0 N–H and O–H groups in total. The third-order valence-corrected chi connectivity index (χ3v) is 7.13. The second-order valence-electron chi connectivity index (χ2n) is 9.96. The van der Waals surface area contributed by atoms with Gasteiger partial charge in [-0.05, 0) is 24.3 Å². The van der Waals surface area contributed by atoms with Crippen LogP contribution in [0, 0.1) is 0 Å². The summed E-state index contributed by atoms with van der Waals surface area (Å²) in [6.45, 7) is -0.167. The van der Waals surface area contributed by atoms with Gasteiger partial charge in [0.1, 0.15) is 37.6 Å². The number of benzene rings is 4. The van der Waals surface area contributed by atoms with Gasteiger partial charge < -0.3 is 28.4 Å². The van der Waals surface area contributed by atoms with E-state index in [1.807, 2.05) is 72.8 Å². The van der Waals surface area contributed by atoms with Gasteiger partial charge in [-0.2, -0.15) is 0 Å². The molecule has 2 heterocycles. The van der Waals surface area contributed by atoms with Crippen molar-refractivity contribution in [2.45, 2.75) is 37.0 Å². The predicted octanol–water partition coefficient (Wildman–Crippen LogP) is 5.67. The lowest BCUT2D eigenvalue weighted by Crippen LogP contribution is -2.60. The van der Waals surface area contributed by atoms with Gasteiger partial charge in [-0.15, -0.1) is 0 Å². The summed E-state index contributed by atoms with van der Waals surface area (Å²) in [5.41, 5.74) is 2.42. The lowest BCUT2D eigenvalue weighted by molar-refractivity contribution is -0.386. The average molecular weight is 567 g/mol. The number of carbonyl (C=O) groups excluding carboxylic acids is 2. The molecule has 8 heteroatoms. The number of hydrogen-bond donors (Lipinski definition) is 0. The molecule has 8 nitrogen and oxygen atoms in total. The molecule has 0 aliphatic carbocycles. The van der Waals surface area contributed by atoms with Crippen LogP contribution in [-0.4, -0.2) is 49.6 Å². The maximum atomic E-state index is 12.8. The molecule has 6 atom stereocenters. The van der Waals surface area contributed by atoms with Gasteiger partial charge >= 0.3 is 11.9 Å². The van der Waals surface area contributed by atoms with Crippen LogP contribution >= 0.6 is 0 Å². The number of ether oxygens (including phenoxy) is 6. The molecule has 0 bridgehead atoms. The molecule has 2 aliphatic heterocycles. The summed E-state index contributed by atoms with van der Waals surface area (Å²) in [5, 5.41) is 0. The molecule has 0 radical (unpaired) electrons. The van der Waals surface area contributed by atoms with E-state index in [1.165, 1.54) is 0 Å². The second-order valence-corrected chi connectivity index (χ2v) is 9.96. The highest BCUT2D eigenvalue weighted by molar-refractivity contribution is 5.89. The SMILES string of the molecule is O=C(OCC1OC(c2ccccc2)OC2C(COC(=O)c3ccccc3)OC(c3ccccc3)OC12)c1ccccc1. The molecule has 0 spiro atoms. The Morgan fingerprint density at radius 1 is 0.476 bits per heavy atom. The maximum Gasteiger partial charge on any atom is 0.338 e. The number of hydrogen-bond acceptors (Lipinski definition) is 8. The summed E-state index contributed by atoms with van der Waals surface area (Å²) in [6, 6.07) is 36.4. The highest BCUT2D eigenvalue weighted by atomic mass is 16.8. The summed E-state index contributed by atoms with van der Waals surface area (Å²) in [7, 11) is 0. The first-order chi connectivity index (χ1) is 20.7. The van der Waals surface area contributed by atoms with Gasteiger partial charge in [0.25, 0.3) is 0 Å². The van der Waals surface area contributed by atoms with Crippen molar-refractivity contribution in [3.8, 4) is 0 Å². The molecule has 42 heavy (non-hydrogen) atoms. The van der Waals surface area contributed by atoms with Crippen LogP contribution in [0.4, 0.5) is 0 Å². The first-order valence-corrected chi connectivity index (χ1v) is 13.8.